The van der Waals surface area contributed by atoms with E-state index in [1.165, 1.54) is 0 Å². The number of benzene rings is 2. The van der Waals surface area contributed by atoms with Gasteiger partial charge in [-0.15, -0.1) is 0 Å². The standard InChI is InChI=1S/C23H23ClN6O/c1-15-12-19(16(2)11-18(15)24)27-23-28-22(31)20-21(26-14-29(20)10-9-25-3)30(23)13-17-7-5-4-6-8-17/h4-9,11-12,14H,10,13H2,1-3H3,(H,27,28,31). The molecule has 0 spiro atoms. The van der Waals surface area contributed by atoms with Gasteiger partial charge in [0.1, 0.15) is 0 Å². The Morgan fingerprint density at radius 3 is 2.68 bits per heavy atom. The van der Waals surface area contributed by atoms with E-state index < -0.39 is 0 Å². The number of aliphatic imine (C=N–C) groups is 1. The first kappa shape index (κ1) is 20.8. The lowest BCUT2D eigenvalue weighted by Gasteiger charge is -2.17. The van der Waals surface area contributed by atoms with E-state index in [1.54, 1.807) is 24.2 Å². The molecule has 0 aliphatic heterocycles. The molecule has 158 valence electrons. The van der Waals surface area contributed by atoms with E-state index in [0.29, 0.717) is 35.2 Å². The third-order valence-corrected chi connectivity index (χ3v) is 5.54. The van der Waals surface area contributed by atoms with Gasteiger partial charge < -0.3 is 9.88 Å². The predicted octanol–water partition coefficient (Wildman–Crippen LogP) is 4.36. The average molecular weight is 435 g/mol. The number of aromatic nitrogens is 4. The van der Waals surface area contributed by atoms with Crippen LogP contribution in [0.25, 0.3) is 11.2 Å². The minimum absolute atomic E-state index is 0.341. The van der Waals surface area contributed by atoms with Gasteiger partial charge in [-0.2, -0.15) is 4.98 Å². The van der Waals surface area contributed by atoms with Crippen molar-refractivity contribution in [2.24, 2.45) is 4.99 Å². The first-order chi connectivity index (χ1) is 15.0. The number of hydrogen-bond donors (Lipinski definition) is 1. The van der Waals surface area contributed by atoms with Crippen LogP contribution in [0.1, 0.15) is 16.7 Å². The molecular weight excluding hydrogens is 412 g/mol. The molecule has 8 heteroatoms. The zero-order chi connectivity index (χ0) is 22.0. The van der Waals surface area contributed by atoms with Crippen LogP contribution in [0.5, 0.6) is 0 Å². The summed E-state index contributed by atoms with van der Waals surface area (Å²) in [5.74, 6) is 0.431. The van der Waals surface area contributed by atoms with Gasteiger partial charge in [-0.05, 0) is 42.7 Å². The first-order valence-corrected chi connectivity index (χ1v) is 10.3. The Morgan fingerprint density at radius 2 is 1.94 bits per heavy atom. The Kier molecular flexibility index (Phi) is 5.86. The lowest BCUT2D eigenvalue weighted by Crippen LogP contribution is -2.20. The summed E-state index contributed by atoms with van der Waals surface area (Å²) in [6.45, 7) is 4.87. The van der Waals surface area contributed by atoms with Gasteiger partial charge in [0.2, 0.25) is 5.95 Å². The number of halogens is 1. The van der Waals surface area contributed by atoms with Crippen molar-refractivity contribution < 1.29 is 0 Å². The van der Waals surface area contributed by atoms with Gasteiger partial charge >= 0.3 is 5.56 Å². The molecule has 0 saturated carbocycles. The van der Waals surface area contributed by atoms with Gasteiger partial charge in [0.15, 0.2) is 11.2 Å². The van der Waals surface area contributed by atoms with Gasteiger partial charge in [-0.3, -0.25) is 14.4 Å². The summed E-state index contributed by atoms with van der Waals surface area (Å²) in [5, 5.41) is 4.03. The summed E-state index contributed by atoms with van der Waals surface area (Å²) in [4.78, 5) is 25.9. The molecular formula is C23H23ClN6O. The summed E-state index contributed by atoms with van der Waals surface area (Å²) in [7, 11) is 1.70. The summed E-state index contributed by atoms with van der Waals surface area (Å²) < 4.78 is 3.69. The molecule has 7 nitrogen and oxygen atoms in total. The fourth-order valence-electron chi connectivity index (χ4n) is 3.45. The molecule has 2 heterocycles. The van der Waals surface area contributed by atoms with Gasteiger partial charge in [0.05, 0.1) is 19.4 Å². The van der Waals surface area contributed by atoms with Gasteiger partial charge in [-0.25, -0.2) is 4.98 Å². The third kappa shape index (κ3) is 4.22. The van der Waals surface area contributed by atoms with E-state index in [0.717, 1.165) is 22.4 Å². The first-order valence-electron chi connectivity index (χ1n) is 9.92. The highest BCUT2D eigenvalue weighted by Gasteiger charge is 2.17. The molecule has 0 aliphatic carbocycles. The Balaban J connectivity index is 1.88. The number of aryl methyl sites for hydroxylation is 2. The van der Waals surface area contributed by atoms with E-state index in [-0.39, 0.29) is 5.56 Å². The molecule has 0 saturated heterocycles. The molecule has 4 aromatic rings. The molecule has 1 N–H and O–H groups in total. The van der Waals surface area contributed by atoms with E-state index in [1.807, 2.05) is 60.9 Å². The number of fused-ring (bicyclic) bond motifs is 1. The fraction of sp³-hybridized carbons (Fsp3) is 0.217. The van der Waals surface area contributed by atoms with Crippen LogP contribution >= 0.6 is 11.6 Å². The molecule has 0 aliphatic rings. The van der Waals surface area contributed by atoms with Crippen LogP contribution in [0.15, 0.2) is 58.6 Å². The maximum absolute atomic E-state index is 13.0. The van der Waals surface area contributed by atoms with E-state index in [2.05, 4.69) is 20.3 Å². The number of hydrogen-bond acceptors (Lipinski definition) is 5. The number of imidazole rings is 1. The molecule has 4 rings (SSSR count). The highest BCUT2D eigenvalue weighted by molar-refractivity contribution is 6.31. The van der Waals surface area contributed by atoms with Crippen molar-refractivity contribution in [1.29, 1.82) is 0 Å². The van der Waals surface area contributed by atoms with E-state index in [4.69, 9.17) is 11.6 Å². The quantitative estimate of drug-likeness (QED) is 0.457. The smallest absolute Gasteiger partial charge is 0.300 e. The van der Waals surface area contributed by atoms with Crippen LogP contribution in [-0.4, -0.2) is 32.4 Å². The van der Waals surface area contributed by atoms with E-state index in [9.17, 15) is 4.79 Å². The van der Waals surface area contributed by atoms with Crippen LogP contribution in [0, 0.1) is 13.8 Å². The SMILES string of the molecule is CN=CCn1cnc2c1c(=O)nc(Nc1cc(C)c(Cl)cc1C)n2Cc1ccccc1. The van der Waals surface area contributed by atoms with Crippen molar-refractivity contribution in [1.82, 2.24) is 19.1 Å². The summed E-state index contributed by atoms with van der Waals surface area (Å²) in [6, 6.07) is 13.9. The topological polar surface area (TPSA) is 77.1 Å². The molecule has 0 bridgehead atoms. The molecule has 0 unspecified atom stereocenters. The molecule has 0 fully saturated rings. The van der Waals surface area contributed by atoms with Crippen LogP contribution in [0.3, 0.4) is 0 Å². The van der Waals surface area contributed by atoms with Crippen molar-refractivity contribution in [3.05, 3.63) is 80.9 Å². The number of rotatable bonds is 6. The van der Waals surface area contributed by atoms with Crippen LogP contribution in [-0.2, 0) is 13.1 Å². The summed E-state index contributed by atoms with van der Waals surface area (Å²) in [5.41, 5.74) is 4.49. The normalized spacial score (nSPS) is 11.5. The second-order valence-electron chi connectivity index (χ2n) is 7.36. The molecule has 0 radical (unpaired) electrons. The Hall–Kier alpha value is -3.45. The third-order valence-electron chi connectivity index (χ3n) is 5.14. The zero-order valence-corrected chi connectivity index (χ0v) is 18.4. The Bertz CT molecular complexity index is 1320. The predicted molar refractivity (Wildman–Crippen MR) is 126 cm³/mol. The molecule has 2 aromatic heterocycles. The Labute approximate surface area is 185 Å². The van der Waals surface area contributed by atoms with Crippen molar-refractivity contribution in [3.63, 3.8) is 0 Å². The summed E-state index contributed by atoms with van der Waals surface area (Å²) in [6.07, 6.45) is 3.38. The lowest BCUT2D eigenvalue weighted by molar-refractivity contribution is 0.799. The van der Waals surface area contributed by atoms with Crippen molar-refractivity contribution in [3.8, 4) is 0 Å². The van der Waals surface area contributed by atoms with Gasteiger partial charge in [0, 0.05) is 24.0 Å². The molecule has 0 atom stereocenters. The van der Waals surface area contributed by atoms with Gasteiger partial charge in [-0.1, -0.05) is 41.9 Å². The minimum Gasteiger partial charge on any atom is -0.325 e. The Morgan fingerprint density at radius 1 is 1.16 bits per heavy atom. The monoisotopic (exact) mass is 434 g/mol. The van der Waals surface area contributed by atoms with Crippen molar-refractivity contribution >= 4 is 40.6 Å². The van der Waals surface area contributed by atoms with Crippen LogP contribution in [0.4, 0.5) is 11.6 Å². The van der Waals surface area contributed by atoms with E-state index >= 15 is 0 Å². The van der Waals surface area contributed by atoms with Gasteiger partial charge in [0.25, 0.3) is 0 Å². The maximum atomic E-state index is 13.0. The highest BCUT2D eigenvalue weighted by atomic mass is 35.5. The minimum atomic E-state index is -0.341. The number of nitrogens with one attached hydrogen (secondary N) is 1. The lowest BCUT2D eigenvalue weighted by atomic mass is 10.1. The second-order valence-corrected chi connectivity index (χ2v) is 7.77. The van der Waals surface area contributed by atoms with Crippen molar-refractivity contribution in [2.75, 3.05) is 12.4 Å². The fourth-order valence-corrected chi connectivity index (χ4v) is 3.67. The van der Waals surface area contributed by atoms with Crippen LogP contribution < -0.4 is 10.9 Å². The largest absolute Gasteiger partial charge is 0.325 e. The highest BCUT2D eigenvalue weighted by Crippen LogP contribution is 2.27. The van der Waals surface area contributed by atoms with Crippen molar-refractivity contribution in [2.45, 2.75) is 26.9 Å². The summed E-state index contributed by atoms with van der Waals surface area (Å²) >= 11 is 6.25. The number of anilines is 2. The van der Waals surface area contributed by atoms with Crippen LogP contribution in [0.2, 0.25) is 5.02 Å². The molecule has 31 heavy (non-hydrogen) atoms. The zero-order valence-electron chi connectivity index (χ0n) is 17.6. The average Bonchev–Trinajstić information content (AvgIpc) is 3.18. The number of nitrogens with zero attached hydrogens (tertiary/aromatic N) is 5. The maximum Gasteiger partial charge on any atom is 0.300 e. The molecule has 2 aromatic carbocycles. The molecule has 0 amide bonds. The second kappa shape index (κ2) is 8.73.